The maximum Gasteiger partial charge on any atom is 0.266 e. The molecule has 180 valence electrons. The van der Waals surface area contributed by atoms with Crippen molar-refractivity contribution in [3.63, 3.8) is 0 Å². The minimum atomic E-state index is -3.29. The number of benzene rings is 2. The predicted molar refractivity (Wildman–Crippen MR) is 143 cm³/mol. The van der Waals surface area contributed by atoms with E-state index in [0.29, 0.717) is 25.7 Å². The maximum absolute atomic E-state index is 12.8. The molecule has 0 aliphatic carbocycles. The highest BCUT2D eigenvalue weighted by atomic mass is 32.2. The van der Waals surface area contributed by atoms with Gasteiger partial charge in [0.05, 0.1) is 9.80 Å². The lowest BCUT2D eigenvalue weighted by atomic mass is 10.1. The minimum absolute atomic E-state index is 0.0439. The van der Waals surface area contributed by atoms with Gasteiger partial charge in [-0.25, -0.2) is 8.42 Å². The maximum atomic E-state index is 12.8. The highest BCUT2D eigenvalue weighted by molar-refractivity contribution is 8.26. The van der Waals surface area contributed by atoms with Crippen LogP contribution in [0.15, 0.2) is 58.3 Å². The number of carbonyl (C=O) groups is 2. The van der Waals surface area contributed by atoms with E-state index in [1.807, 2.05) is 31.2 Å². The average molecular weight is 545 g/mol. The van der Waals surface area contributed by atoms with Gasteiger partial charge in [-0.1, -0.05) is 53.8 Å². The summed E-state index contributed by atoms with van der Waals surface area (Å²) in [5.41, 5.74) is 2.67. The number of aromatic nitrogens is 2. The topological polar surface area (TPSA) is 109 Å². The van der Waals surface area contributed by atoms with Gasteiger partial charge in [0.25, 0.3) is 5.91 Å². The van der Waals surface area contributed by atoms with Crippen molar-refractivity contribution in [2.45, 2.75) is 18.2 Å². The first-order chi connectivity index (χ1) is 16.6. The summed E-state index contributed by atoms with van der Waals surface area (Å²) < 4.78 is 27.8. The van der Waals surface area contributed by atoms with Gasteiger partial charge in [0, 0.05) is 36.3 Å². The van der Waals surface area contributed by atoms with Crippen molar-refractivity contribution in [1.82, 2.24) is 14.3 Å². The van der Waals surface area contributed by atoms with Crippen molar-refractivity contribution in [3.8, 4) is 11.4 Å². The molecule has 0 bridgehead atoms. The van der Waals surface area contributed by atoms with Crippen LogP contribution in [0.25, 0.3) is 17.5 Å². The number of sulfone groups is 1. The zero-order valence-corrected chi connectivity index (χ0v) is 22.0. The molecule has 1 fully saturated rings. The third-order valence-corrected chi connectivity index (χ3v) is 8.16. The fraction of sp³-hybridized carbons (Fsp3) is 0.174. The van der Waals surface area contributed by atoms with E-state index in [4.69, 9.17) is 12.2 Å². The summed E-state index contributed by atoms with van der Waals surface area (Å²) in [7, 11) is -3.29. The van der Waals surface area contributed by atoms with E-state index in [2.05, 4.69) is 14.7 Å². The third kappa shape index (κ3) is 6.20. The Morgan fingerprint density at radius 2 is 1.83 bits per heavy atom. The molecule has 1 aromatic heterocycles. The molecular weight excluding hydrogens is 525 g/mol. The number of carbonyl (C=O) groups excluding carboxylic acids is 2. The van der Waals surface area contributed by atoms with Crippen LogP contribution in [0, 0.1) is 6.92 Å². The largest absolute Gasteiger partial charge is 0.301 e. The Morgan fingerprint density at radius 3 is 2.49 bits per heavy atom. The number of aryl methyl sites for hydroxylation is 1. The summed E-state index contributed by atoms with van der Waals surface area (Å²) in [6.07, 6.45) is 2.98. The lowest BCUT2D eigenvalue weighted by Gasteiger charge is -2.13. The lowest BCUT2D eigenvalue weighted by molar-refractivity contribution is -0.122. The number of hydrogen-bond acceptors (Lipinski definition) is 9. The van der Waals surface area contributed by atoms with E-state index in [9.17, 15) is 18.0 Å². The van der Waals surface area contributed by atoms with Crippen LogP contribution >= 0.6 is 35.5 Å². The van der Waals surface area contributed by atoms with Crippen molar-refractivity contribution >= 4 is 72.7 Å². The highest BCUT2D eigenvalue weighted by Gasteiger charge is 2.32. The van der Waals surface area contributed by atoms with Gasteiger partial charge in [0.1, 0.15) is 4.32 Å². The number of amides is 2. The van der Waals surface area contributed by atoms with E-state index >= 15 is 0 Å². The molecular formula is C23H20N4O4S4. The summed E-state index contributed by atoms with van der Waals surface area (Å²) in [5.74, 6) is -0.163. The van der Waals surface area contributed by atoms with Crippen LogP contribution in [-0.2, 0) is 19.4 Å². The quantitative estimate of drug-likeness (QED) is 0.349. The Hall–Kier alpha value is -2.93. The minimum Gasteiger partial charge on any atom is -0.301 e. The van der Waals surface area contributed by atoms with Crippen molar-refractivity contribution in [1.29, 1.82) is 0 Å². The first-order valence-electron chi connectivity index (χ1n) is 10.4. The first kappa shape index (κ1) is 25.2. The first-order valence-corrected chi connectivity index (χ1v) is 14.3. The number of thioether (sulfide) groups is 1. The van der Waals surface area contributed by atoms with Gasteiger partial charge in [-0.2, -0.15) is 9.36 Å². The van der Waals surface area contributed by atoms with E-state index in [1.54, 1.807) is 18.2 Å². The molecule has 1 N–H and O–H groups in total. The fourth-order valence-electron chi connectivity index (χ4n) is 3.14. The summed E-state index contributed by atoms with van der Waals surface area (Å²) in [6, 6.07) is 14.0. The van der Waals surface area contributed by atoms with E-state index < -0.39 is 9.84 Å². The van der Waals surface area contributed by atoms with Gasteiger partial charge in [-0.05, 0) is 42.8 Å². The monoisotopic (exact) mass is 544 g/mol. The molecule has 3 aromatic rings. The van der Waals surface area contributed by atoms with Crippen LogP contribution < -0.4 is 5.32 Å². The fourth-order valence-corrected chi connectivity index (χ4v) is 5.69. The second-order valence-corrected chi connectivity index (χ2v) is 12.2. The average Bonchev–Trinajstić information content (AvgIpc) is 3.37. The van der Waals surface area contributed by atoms with Crippen molar-refractivity contribution in [2.75, 3.05) is 18.1 Å². The number of nitrogens with one attached hydrogen (secondary N) is 1. The molecule has 0 unspecified atom stereocenters. The Morgan fingerprint density at radius 1 is 1.14 bits per heavy atom. The van der Waals surface area contributed by atoms with E-state index in [0.717, 1.165) is 28.9 Å². The van der Waals surface area contributed by atoms with Gasteiger partial charge in [-0.15, -0.1) is 0 Å². The molecule has 0 saturated carbocycles. The smallest absolute Gasteiger partial charge is 0.266 e. The number of anilines is 1. The molecule has 0 spiro atoms. The SMILES string of the molecule is Cc1ccc(/C=C2\SC(=S)N(CCC(=O)Nc3nc(-c4ccc(S(C)(=O)=O)cc4)ns3)C2=O)cc1. The van der Waals surface area contributed by atoms with E-state index in [-0.39, 0.29) is 29.7 Å². The summed E-state index contributed by atoms with van der Waals surface area (Å²) in [5, 5.41) is 2.99. The van der Waals surface area contributed by atoms with Gasteiger partial charge in [0.15, 0.2) is 15.7 Å². The Kier molecular flexibility index (Phi) is 7.45. The number of hydrogen-bond donors (Lipinski definition) is 1. The molecule has 1 aliphatic rings. The highest BCUT2D eigenvalue weighted by Crippen LogP contribution is 2.32. The summed E-state index contributed by atoms with van der Waals surface area (Å²) in [4.78, 5) is 31.7. The normalized spacial score (nSPS) is 15.1. The molecule has 1 aliphatic heterocycles. The summed E-state index contributed by atoms with van der Waals surface area (Å²) in [6.45, 7) is 2.15. The zero-order valence-electron chi connectivity index (χ0n) is 18.7. The molecule has 8 nitrogen and oxygen atoms in total. The molecule has 0 radical (unpaired) electrons. The van der Waals surface area contributed by atoms with Crippen molar-refractivity contribution in [2.24, 2.45) is 0 Å². The molecule has 2 amide bonds. The van der Waals surface area contributed by atoms with Gasteiger partial charge >= 0.3 is 0 Å². The van der Waals surface area contributed by atoms with Crippen LogP contribution in [0.5, 0.6) is 0 Å². The molecule has 1 saturated heterocycles. The van der Waals surface area contributed by atoms with Gasteiger partial charge in [0.2, 0.25) is 11.0 Å². The van der Waals surface area contributed by atoms with Crippen LogP contribution in [0.4, 0.5) is 5.13 Å². The lowest BCUT2D eigenvalue weighted by Crippen LogP contribution is -2.31. The molecule has 12 heteroatoms. The Labute approximate surface area is 216 Å². The van der Waals surface area contributed by atoms with E-state index in [1.165, 1.54) is 28.8 Å². The molecule has 4 rings (SSSR count). The number of rotatable bonds is 7. The van der Waals surface area contributed by atoms with Gasteiger partial charge < -0.3 is 5.32 Å². The molecule has 2 aromatic carbocycles. The van der Waals surface area contributed by atoms with Gasteiger partial charge in [-0.3, -0.25) is 14.5 Å². The third-order valence-electron chi connectivity index (χ3n) is 5.02. The molecule has 0 atom stereocenters. The van der Waals surface area contributed by atoms with Crippen LogP contribution in [0.1, 0.15) is 17.5 Å². The Bertz CT molecular complexity index is 1430. The Balaban J connectivity index is 1.34. The van der Waals surface area contributed by atoms with Crippen LogP contribution in [0.3, 0.4) is 0 Å². The summed E-state index contributed by atoms with van der Waals surface area (Å²) >= 11 is 7.57. The molecule has 2 heterocycles. The second kappa shape index (κ2) is 10.4. The predicted octanol–water partition coefficient (Wildman–Crippen LogP) is 4.15. The number of thiocarbonyl (C=S) groups is 1. The second-order valence-electron chi connectivity index (χ2n) is 7.76. The number of nitrogens with zero attached hydrogens (tertiary/aromatic N) is 3. The van der Waals surface area contributed by atoms with Crippen LogP contribution in [-0.4, -0.2) is 51.6 Å². The van der Waals surface area contributed by atoms with Crippen LogP contribution in [0.2, 0.25) is 0 Å². The standard InChI is InChI=1S/C23H20N4O4S4/c1-14-3-5-15(6-4-14)13-18-21(29)27(23(32)33-18)12-11-19(28)24-22-25-20(26-34-22)16-7-9-17(10-8-16)35(2,30)31/h3-10,13H,11-12H2,1-2H3,(H,24,25,26,28)/b18-13-. The van der Waals surface area contributed by atoms with Crippen molar-refractivity contribution in [3.05, 3.63) is 64.6 Å². The molecule has 35 heavy (non-hydrogen) atoms. The van der Waals surface area contributed by atoms with Crippen molar-refractivity contribution < 1.29 is 18.0 Å². The zero-order chi connectivity index (χ0) is 25.2.